The molecule has 0 unspecified atom stereocenters. The van der Waals surface area contributed by atoms with Crippen LogP contribution < -0.4 is 16.2 Å². The lowest BCUT2D eigenvalue weighted by atomic mass is 10.0. The van der Waals surface area contributed by atoms with Crippen molar-refractivity contribution in [3.8, 4) is 17.0 Å². The van der Waals surface area contributed by atoms with E-state index in [-0.39, 0.29) is 18.6 Å². The first-order chi connectivity index (χ1) is 12.1. The molecule has 130 valence electrons. The van der Waals surface area contributed by atoms with Crippen LogP contribution in [0.1, 0.15) is 5.56 Å². The molecule has 0 saturated heterocycles. The molecule has 8 heteroatoms. The molecular formula is C17H19N5O3. The molecule has 0 bridgehead atoms. The summed E-state index contributed by atoms with van der Waals surface area (Å²) in [6.45, 7) is 0.482. The predicted molar refractivity (Wildman–Crippen MR) is 94.8 cm³/mol. The summed E-state index contributed by atoms with van der Waals surface area (Å²) in [5.74, 6) is 1.13. The Morgan fingerprint density at radius 3 is 2.44 bits per heavy atom. The van der Waals surface area contributed by atoms with Gasteiger partial charge in [-0.25, -0.2) is 4.98 Å². The van der Waals surface area contributed by atoms with Gasteiger partial charge >= 0.3 is 0 Å². The quantitative estimate of drug-likeness (QED) is 0.516. The van der Waals surface area contributed by atoms with Crippen molar-refractivity contribution in [3.63, 3.8) is 0 Å². The predicted octanol–water partition coefficient (Wildman–Crippen LogP) is 1.99. The maximum Gasteiger partial charge on any atom is 0.224 e. The van der Waals surface area contributed by atoms with Gasteiger partial charge in [0.1, 0.15) is 18.4 Å². The zero-order valence-electron chi connectivity index (χ0n) is 14.0. The Balaban J connectivity index is 2.13. The lowest BCUT2D eigenvalue weighted by molar-refractivity contribution is -0.0389. The van der Waals surface area contributed by atoms with Gasteiger partial charge in [0, 0.05) is 18.2 Å². The van der Waals surface area contributed by atoms with Gasteiger partial charge in [0.25, 0.3) is 0 Å². The molecule has 0 aliphatic carbocycles. The van der Waals surface area contributed by atoms with Crippen molar-refractivity contribution in [3.05, 3.63) is 35.9 Å². The van der Waals surface area contributed by atoms with Crippen LogP contribution in [-0.2, 0) is 16.1 Å². The molecule has 25 heavy (non-hydrogen) atoms. The number of nitrogens with two attached hydrogens (primary N) is 2. The standard InChI is InChI=1S/C17H19N5O3/c1-23-9-25-8-11-7-13-15(18)21-17(19)22-16(13)20-14(11)10-3-5-12(24-2)6-4-10/h3-7H,8-9H2,1-2H3,(H4,18,19,20,21,22). The van der Waals surface area contributed by atoms with Crippen molar-refractivity contribution in [2.45, 2.75) is 6.61 Å². The topological polar surface area (TPSA) is 118 Å². The summed E-state index contributed by atoms with van der Waals surface area (Å²) in [5.41, 5.74) is 14.5. The fourth-order valence-electron chi connectivity index (χ4n) is 2.48. The molecule has 0 radical (unpaired) electrons. The van der Waals surface area contributed by atoms with Gasteiger partial charge in [0.05, 0.1) is 24.8 Å². The van der Waals surface area contributed by atoms with Crippen LogP contribution in [0.2, 0.25) is 0 Å². The Morgan fingerprint density at radius 1 is 1.00 bits per heavy atom. The molecule has 3 rings (SSSR count). The zero-order valence-corrected chi connectivity index (χ0v) is 14.0. The number of ether oxygens (including phenoxy) is 3. The van der Waals surface area contributed by atoms with Crippen LogP contribution in [0.3, 0.4) is 0 Å². The van der Waals surface area contributed by atoms with E-state index in [1.54, 1.807) is 14.2 Å². The van der Waals surface area contributed by atoms with Crippen molar-refractivity contribution in [2.24, 2.45) is 0 Å². The van der Waals surface area contributed by atoms with E-state index in [2.05, 4.69) is 15.0 Å². The minimum absolute atomic E-state index is 0.0848. The van der Waals surface area contributed by atoms with Crippen molar-refractivity contribution < 1.29 is 14.2 Å². The van der Waals surface area contributed by atoms with E-state index >= 15 is 0 Å². The summed E-state index contributed by atoms with van der Waals surface area (Å²) in [6.07, 6.45) is 0. The molecule has 8 nitrogen and oxygen atoms in total. The number of hydrogen-bond acceptors (Lipinski definition) is 8. The highest BCUT2D eigenvalue weighted by Gasteiger charge is 2.13. The Morgan fingerprint density at radius 2 is 1.76 bits per heavy atom. The van der Waals surface area contributed by atoms with Crippen LogP contribution in [0, 0.1) is 0 Å². The van der Waals surface area contributed by atoms with E-state index in [0.29, 0.717) is 17.6 Å². The average molecular weight is 341 g/mol. The van der Waals surface area contributed by atoms with Crippen molar-refractivity contribution in [1.29, 1.82) is 0 Å². The molecule has 4 N–H and O–H groups in total. The third-order valence-electron chi connectivity index (χ3n) is 3.63. The summed E-state index contributed by atoms with van der Waals surface area (Å²) in [4.78, 5) is 12.8. The molecule has 0 saturated carbocycles. The van der Waals surface area contributed by atoms with Crippen molar-refractivity contribution in [1.82, 2.24) is 15.0 Å². The number of benzene rings is 1. The van der Waals surface area contributed by atoms with Crippen LogP contribution in [-0.4, -0.2) is 36.0 Å². The van der Waals surface area contributed by atoms with E-state index in [1.807, 2.05) is 30.3 Å². The van der Waals surface area contributed by atoms with E-state index < -0.39 is 0 Å². The highest BCUT2D eigenvalue weighted by atomic mass is 16.7. The van der Waals surface area contributed by atoms with Gasteiger partial charge < -0.3 is 25.7 Å². The van der Waals surface area contributed by atoms with E-state index in [1.165, 1.54) is 0 Å². The molecule has 2 heterocycles. The first-order valence-electron chi connectivity index (χ1n) is 7.56. The summed E-state index contributed by atoms with van der Waals surface area (Å²) in [6, 6.07) is 9.43. The first kappa shape index (κ1) is 16.9. The molecule has 3 aromatic rings. The van der Waals surface area contributed by atoms with Crippen LogP contribution in [0.25, 0.3) is 22.3 Å². The minimum Gasteiger partial charge on any atom is -0.497 e. The van der Waals surface area contributed by atoms with Gasteiger partial charge in [-0.2, -0.15) is 9.97 Å². The molecule has 0 fully saturated rings. The molecule has 0 atom stereocenters. The first-order valence-corrected chi connectivity index (χ1v) is 7.56. The molecule has 0 aliphatic rings. The van der Waals surface area contributed by atoms with Crippen LogP contribution in [0.15, 0.2) is 30.3 Å². The summed E-state index contributed by atoms with van der Waals surface area (Å²) in [5, 5.41) is 0.627. The number of anilines is 2. The van der Waals surface area contributed by atoms with E-state index in [0.717, 1.165) is 22.6 Å². The summed E-state index contributed by atoms with van der Waals surface area (Å²) < 4.78 is 15.6. The number of methoxy groups -OCH3 is 2. The fraction of sp³-hybridized carbons (Fsp3) is 0.235. The Labute approximate surface area is 144 Å². The largest absolute Gasteiger partial charge is 0.497 e. The van der Waals surface area contributed by atoms with Crippen molar-refractivity contribution >= 4 is 22.8 Å². The average Bonchev–Trinajstić information content (AvgIpc) is 2.62. The molecular weight excluding hydrogens is 322 g/mol. The molecule has 0 amide bonds. The number of nitrogens with zero attached hydrogens (tertiary/aromatic N) is 3. The molecule has 1 aromatic carbocycles. The third kappa shape index (κ3) is 3.59. The zero-order chi connectivity index (χ0) is 17.8. The smallest absolute Gasteiger partial charge is 0.224 e. The molecule has 0 aliphatic heterocycles. The maximum atomic E-state index is 5.95. The Bertz CT molecular complexity index is 884. The van der Waals surface area contributed by atoms with E-state index in [4.69, 9.17) is 25.7 Å². The van der Waals surface area contributed by atoms with Crippen LogP contribution in [0.4, 0.5) is 11.8 Å². The minimum atomic E-state index is 0.0848. The van der Waals surface area contributed by atoms with Gasteiger partial charge in [-0.15, -0.1) is 0 Å². The van der Waals surface area contributed by atoms with Crippen LogP contribution >= 0.6 is 0 Å². The Kier molecular flexibility index (Phi) is 4.92. The van der Waals surface area contributed by atoms with Gasteiger partial charge in [0.2, 0.25) is 5.95 Å². The number of aromatic nitrogens is 3. The van der Waals surface area contributed by atoms with Crippen molar-refractivity contribution in [2.75, 3.05) is 32.5 Å². The van der Waals surface area contributed by atoms with Gasteiger partial charge in [-0.1, -0.05) is 0 Å². The molecule has 0 spiro atoms. The lowest BCUT2D eigenvalue weighted by Crippen LogP contribution is -2.05. The maximum absolute atomic E-state index is 5.95. The lowest BCUT2D eigenvalue weighted by Gasteiger charge is -2.12. The van der Waals surface area contributed by atoms with Crippen LogP contribution in [0.5, 0.6) is 5.75 Å². The normalized spacial score (nSPS) is 11.0. The monoisotopic (exact) mass is 341 g/mol. The second kappa shape index (κ2) is 7.29. The highest BCUT2D eigenvalue weighted by molar-refractivity contribution is 5.89. The number of pyridine rings is 1. The summed E-state index contributed by atoms with van der Waals surface area (Å²) in [7, 11) is 3.19. The fourth-order valence-corrected chi connectivity index (χ4v) is 2.48. The number of fused-ring (bicyclic) bond motifs is 1. The van der Waals surface area contributed by atoms with Gasteiger partial charge in [-0.3, -0.25) is 0 Å². The summed E-state index contributed by atoms with van der Waals surface area (Å²) >= 11 is 0. The highest BCUT2D eigenvalue weighted by Crippen LogP contribution is 2.29. The number of rotatable bonds is 6. The second-order valence-corrected chi connectivity index (χ2v) is 5.32. The van der Waals surface area contributed by atoms with Gasteiger partial charge in [-0.05, 0) is 30.3 Å². The number of hydrogen-bond donors (Lipinski definition) is 2. The van der Waals surface area contributed by atoms with Gasteiger partial charge in [0.15, 0.2) is 5.65 Å². The molecule has 2 aromatic heterocycles. The second-order valence-electron chi connectivity index (χ2n) is 5.32. The number of nitrogen functional groups attached to an aromatic ring is 2. The Hall–Kier alpha value is -2.97. The third-order valence-corrected chi connectivity index (χ3v) is 3.63. The van der Waals surface area contributed by atoms with E-state index in [9.17, 15) is 0 Å². The SMILES string of the molecule is COCOCc1cc2c(N)nc(N)nc2nc1-c1ccc(OC)cc1.